The van der Waals surface area contributed by atoms with Crippen molar-refractivity contribution in [1.82, 2.24) is 0 Å². The molecule has 0 spiro atoms. The number of carbonyl (C=O) groups excluding carboxylic acids is 2. The third-order valence-electron chi connectivity index (χ3n) is 4.48. The van der Waals surface area contributed by atoms with Crippen molar-refractivity contribution in [2.45, 2.75) is 6.92 Å². The van der Waals surface area contributed by atoms with Crippen LogP contribution in [0, 0.1) is 6.92 Å². The van der Waals surface area contributed by atoms with E-state index in [4.69, 9.17) is 9.47 Å². The van der Waals surface area contributed by atoms with Crippen LogP contribution in [0.15, 0.2) is 90.7 Å². The lowest BCUT2D eigenvalue weighted by molar-refractivity contribution is 0.0734. The van der Waals surface area contributed by atoms with Crippen molar-refractivity contribution in [3.05, 3.63) is 113 Å². The van der Waals surface area contributed by atoms with Gasteiger partial charge in [0.1, 0.15) is 11.5 Å². The van der Waals surface area contributed by atoms with Crippen LogP contribution in [0.3, 0.4) is 0 Å². The Morgan fingerprint density at radius 1 is 0.966 bits per heavy atom. The predicted octanol–water partition coefficient (Wildman–Crippen LogP) is 5.39. The summed E-state index contributed by atoms with van der Waals surface area (Å²) in [6.45, 7) is 1.95. The fraction of sp³-hybridized carbons (Fsp3) is 0.0400. The lowest BCUT2D eigenvalue weighted by Crippen LogP contribution is -2.08. The van der Waals surface area contributed by atoms with Crippen LogP contribution in [0.4, 0.5) is 0 Å². The van der Waals surface area contributed by atoms with E-state index in [1.807, 2.05) is 55.5 Å². The molecule has 4 rings (SSSR count). The summed E-state index contributed by atoms with van der Waals surface area (Å²) in [5.41, 5.74) is 2.99. The van der Waals surface area contributed by atoms with Gasteiger partial charge in [0.05, 0.1) is 11.1 Å². The van der Waals surface area contributed by atoms with E-state index >= 15 is 0 Å². The minimum atomic E-state index is -0.462. The average Bonchev–Trinajstić information content (AvgIpc) is 3.04. The molecule has 0 saturated carbocycles. The van der Waals surface area contributed by atoms with Gasteiger partial charge in [0.15, 0.2) is 5.76 Å². The zero-order valence-electron chi connectivity index (χ0n) is 15.8. The minimum Gasteiger partial charge on any atom is -0.452 e. The van der Waals surface area contributed by atoms with Gasteiger partial charge >= 0.3 is 5.97 Å². The number of allylic oxidation sites excluding steroid dienone is 3. The summed E-state index contributed by atoms with van der Waals surface area (Å²) in [6.07, 6.45) is 5.29. The van der Waals surface area contributed by atoms with Crippen LogP contribution in [-0.2, 0) is 0 Å². The van der Waals surface area contributed by atoms with Crippen molar-refractivity contribution in [2.75, 3.05) is 0 Å². The molecule has 0 saturated heterocycles. The molecule has 4 nitrogen and oxygen atoms in total. The Bertz CT molecular complexity index is 1120. The molecule has 0 bridgehead atoms. The monoisotopic (exact) mass is 382 g/mol. The summed E-state index contributed by atoms with van der Waals surface area (Å²) in [7, 11) is 0. The Morgan fingerprint density at radius 3 is 2.48 bits per heavy atom. The first-order valence-electron chi connectivity index (χ1n) is 9.19. The van der Waals surface area contributed by atoms with Gasteiger partial charge < -0.3 is 9.47 Å². The van der Waals surface area contributed by atoms with Crippen molar-refractivity contribution >= 4 is 17.8 Å². The summed E-state index contributed by atoms with van der Waals surface area (Å²) in [6, 6.07) is 21.6. The maximum Gasteiger partial charge on any atom is 0.343 e. The van der Waals surface area contributed by atoms with E-state index in [2.05, 4.69) is 0 Å². The Labute approximate surface area is 168 Å². The van der Waals surface area contributed by atoms with E-state index < -0.39 is 5.97 Å². The highest BCUT2D eigenvalue weighted by molar-refractivity contribution is 6.12. The molecule has 3 aromatic carbocycles. The molecule has 0 unspecified atom stereocenters. The second-order valence-corrected chi connectivity index (χ2v) is 6.65. The molecule has 1 aliphatic heterocycles. The third-order valence-corrected chi connectivity index (χ3v) is 4.48. The molecule has 0 amide bonds. The van der Waals surface area contributed by atoms with Gasteiger partial charge in [-0.15, -0.1) is 0 Å². The fourth-order valence-corrected chi connectivity index (χ4v) is 2.91. The zero-order valence-corrected chi connectivity index (χ0v) is 15.8. The largest absolute Gasteiger partial charge is 0.452 e. The second-order valence-electron chi connectivity index (χ2n) is 6.65. The summed E-state index contributed by atoms with van der Waals surface area (Å²) in [5.74, 6) is 0.269. The number of hydrogen-bond acceptors (Lipinski definition) is 4. The number of rotatable bonds is 4. The van der Waals surface area contributed by atoms with Crippen molar-refractivity contribution in [3.8, 4) is 11.5 Å². The molecule has 0 radical (unpaired) electrons. The Hall–Kier alpha value is -3.92. The normalized spacial score (nSPS) is 14.1. The summed E-state index contributed by atoms with van der Waals surface area (Å²) < 4.78 is 11.1. The molecule has 29 heavy (non-hydrogen) atoms. The Kier molecular flexibility index (Phi) is 5.08. The van der Waals surface area contributed by atoms with Gasteiger partial charge in [-0.25, -0.2) is 4.79 Å². The molecular formula is C25H18O4. The van der Waals surface area contributed by atoms with Crippen LogP contribution in [0.25, 0.3) is 6.08 Å². The minimum absolute atomic E-state index is 0.200. The van der Waals surface area contributed by atoms with Crippen molar-refractivity contribution < 1.29 is 19.1 Å². The molecule has 1 aliphatic rings. The van der Waals surface area contributed by atoms with E-state index in [1.165, 1.54) is 0 Å². The van der Waals surface area contributed by atoms with E-state index in [1.54, 1.807) is 42.5 Å². The van der Waals surface area contributed by atoms with Crippen LogP contribution in [0.2, 0.25) is 0 Å². The van der Waals surface area contributed by atoms with Crippen LogP contribution in [-0.4, -0.2) is 11.8 Å². The van der Waals surface area contributed by atoms with Crippen LogP contribution < -0.4 is 9.47 Å². The molecule has 1 heterocycles. The quantitative estimate of drug-likeness (QED) is 0.345. The maximum atomic E-state index is 12.5. The molecule has 0 N–H and O–H groups in total. The zero-order chi connectivity index (χ0) is 20.2. The predicted molar refractivity (Wildman–Crippen MR) is 111 cm³/mol. The number of Topliss-reactive ketones (excluding diaryl/α,β-unsaturated/α-hetero) is 1. The van der Waals surface area contributed by atoms with Gasteiger partial charge in [0, 0.05) is 6.07 Å². The van der Waals surface area contributed by atoms with Crippen LogP contribution in [0.5, 0.6) is 11.5 Å². The molecule has 0 aromatic heterocycles. The number of ketones is 1. The first-order chi connectivity index (χ1) is 14.1. The molecule has 142 valence electrons. The molecule has 0 fully saturated rings. The standard InChI is InChI=1S/C25H18O4/c1-17-10-12-19(13-11-17)25(27)28-20-14-15-21-23(16-20)29-22(24(21)26)9-5-8-18-6-3-2-4-7-18/h2-16H,1H3/b8-5+,22-9+. The fourth-order valence-electron chi connectivity index (χ4n) is 2.91. The third kappa shape index (κ3) is 4.17. The highest BCUT2D eigenvalue weighted by Gasteiger charge is 2.27. The van der Waals surface area contributed by atoms with E-state index in [0.717, 1.165) is 11.1 Å². The lowest BCUT2D eigenvalue weighted by atomic mass is 10.1. The second kappa shape index (κ2) is 7.98. The number of fused-ring (bicyclic) bond motifs is 1. The first kappa shape index (κ1) is 18.4. The first-order valence-corrected chi connectivity index (χ1v) is 9.19. The number of ether oxygens (including phenoxy) is 2. The van der Waals surface area contributed by atoms with E-state index in [-0.39, 0.29) is 11.5 Å². The van der Waals surface area contributed by atoms with Gasteiger partial charge in [0.2, 0.25) is 5.78 Å². The molecule has 0 atom stereocenters. The average molecular weight is 382 g/mol. The summed E-state index contributed by atoms with van der Waals surface area (Å²) in [4.78, 5) is 24.8. The van der Waals surface area contributed by atoms with Gasteiger partial charge in [-0.1, -0.05) is 60.2 Å². The number of aryl methyl sites for hydroxylation is 1. The summed E-state index contributed by atoms with van der Waals surface area (Å²) in [5, 5.41) is 0. The highest BCUT2D eigenvalue weighted by atomic mass is 16.5. The topological polar surface area (TPSA) is 52.6 Å². The van der Waals surface area contributed by atoms with Gasteiger partial charge in [-0.05, 0) is 42.8 Å². The number of hydrogen-bond donors (Lipinski definition) is 0. The van der Waals surface area contributed by atoms with Crippen molar-refractivity contribution in [3.63, 3.8) is 0 Å². The molecule has 3 aromatic rings. The Balaban J connectivity index is 1.48. The van der Waals surface area contributed by atoms with Crippen molar-refractivity contribution in [2.24, 2.45) is 0 Å². The van der Waals surface area contributed by atoms with Gasteiger partial charge in [0.25, 0.3) is 0 Å². The van der Waals surface area contributed by atoms with Gasteiger partial charge in [-0.3, -0.25) is 4.79 Å². The number of esters is 1. The lowest BCUT2D eigenvalue weighted by Gasteiger charge is -2.06. The van der Waals surface area contributed by atoms with Gasteiger partial charge in [-0.2, -0.15) is 0 Å². The molecule has 4 heteroatoms. The smallest absolute Gasteiger partial charge is 0.343 e. The summed E-state index contributed by atoms with van der Waals surface area (Å²) >= 11 is 0. The number of carbonyl (C=O) groups is 2. The molecule has 0 aliphatic carbocycles. The van der Waals surface area contributed by atoms with Crippen LogP contribution in [0.1, 0.15) is 31.8 Å². The van der Waals surface area contributed by atoms with E-state index in [9.17, 15) is 9.59 Å². The van der Waals surface area contributed by atoms with Crippen molar-refractivity contribution in [1.29, 1.82) is 0 Å². The SMILES string of the molecule is Cc1ccc(C(=O)Oc2ccc3c(c2)O/C(=C/C=C/c2ccccc2)C3=O)cc1. The van der Waals surface area contributed by atoms with E-state index in [0.29, 0.717) is 22.6 Å². The Morgan fingerprint density at radius 2 is 1.72 bits per heavy atom. The van der Waals surface area contributed by atoms with Crippen LogP contribution >= 0.6 is 0 Å². The molecular weight excluding hydrogens is 364 g/mol. The number of benzene rings is 3. The highest BCUT2D eigenvalue weighted by Crippen LogP contribution is 2.34. The maximum absolute atomic E-state index is 12.5.